The molecule has 0 spiro atoms. The van der Waals surface area contributed by atoms with E-state index in [0.29, 0.717) is 18.2 Å². The Bertz CT molecular complexity index is 652. The first-order valence-corrected chi connectivity index (χ1v) is 7.38. The zero-order valence-electron chi connectivity index (χ0n) is 12.5. The van der Waals surface area contributed by atoms with Gasteiger partial charge in [-0.1, -0.05) is 0 Å². The summed E-state index contributed by atoms with van der Waals surface area (Å²) in [6.45, 7) is 2.44. The Kier molecular flexibility index (Phi) is 4.09. The maximum atomic E-state index is 13.0. The third kappa shape index (κ3) is 3.10. The molecule has 2 aromatic rings. The molecule has 1 atom stereocenters. The standard InChI is InChI=1S/C16H19FN4O/c1-20-11-18-9-15(20)16(22)19-8-12-6-7-21(10-12)14-4-2-13(17)3-5-14/h2-5,9,11-12H,6-8,10H2,1H3,(H,19,22)/t12-/m0/s1. The molecule has 0 saturated carbocycles. The van der Waals surface area contributed by atoms with Gasteiger partial charge >= 0.3 is 0 Å². The van der Waals surface area contributed by atoms with E-state index in [9.17, 15) is 9.18 Å². The number of hydrogen-bond donors (Lipinski definition) is 1. The number of nitrogens with zero attached hydrogens (tertiary/aromatic N) is 3. The molecule has 1 aromatic heterocycles. The number of hydrogen-bond acceptors (Lipinski definition) is 3. The predicted molar refractivity (Wildman–Crippen MR) is 82.3 cm³/mol. The van der Waals surface area contributed by atoms with Crippen molar-refractivity contribution in [1.82, 2.24) is 14.9 Å². The van der Waals surface area contributed by atoms with Gasteiger partial charge in [-0.15, -0.1) is 0 Å². The van der Waals surface area contributed by atoms with E-state index in [1.165, 1.54) is 12.1 Å². The lowest BCUT2D eigenvalue weighted by Gasteiger charge is -2.18. The van der Waals surface area contributed by atoms with Crippen LogP contribution in [0.25, 0.3) is 0 Å². The van der Waals surface area contributed by atoms with Crippen molar-refractivity contribution in [2.45, 2.75) is 6.42 Å². The fourth-order valence-corrected chi connectivity index (χ4v) is 2.79. The molecule has 22 heavy (non-hydrogen) atoms. The molecule has 0 bridgehead atoms. The maximum absolute atomic E-state index is 13.0. The fourth-order valence-electron chi connectivity index (χ4n) is 2.79. The van der Waals surface area contributed by atoms with Crippen molar-refractivity contribution < 1.29 is 9.18 Å². The quantitative estimate of drug-likeness (QED) is 0.937. The number of nitrogens with one attached hydrogen (secondary N) is 1. The SMILES string of the molecule is Cn1cncc1C(=O)NC[C@@H]1CCN(c2ccc(F)cc2)C1. The Balaban J connectivity index is 1.52. The van der Waals surface area contributed by atoms with Crippen molar-refractivity contribution in [2.75, 3.05) is 24.5 Å². The number of rotatable bonds is 4. The molecule has 1 amide bonds. The molecular formula is C16H19FN4O. The number of carbonyl (C=O) groups is 1. The van der Waals surface area contributed by atoms with Crippen molar-refractivity contribution >= 4 is 11.6 Å². The molecule has 0 radical (unpaired) electrons. The normalized spacial score (nSPS) is 17.7. The summed E-state index contributed by atoms with van der Waals surface area (Å²) in [6, 6.07) is 6.55. The second-order valence-corrected chi connectivity index (χ2v) is 5.68. The molecule has 1 aliphatic rings. The minimum absolute atomic E-state index is 0.0970. The average molecular weight is 302 g/mol. The van der Waals surface area contributed by atoms with Crippen LogP contribution in [0.4, 0.5) is 10.1 Å². The number of imidazole rings is 1. The van der Waals surface area contributed by atoms with Crippen LogP contribution >= 0.6 is 0 Å². The first-order valence-electron chi connectivity index (χ1n) is 7.38. The summed E-state index contributed by atoms with van der Waals surface area (Å²) in [5.74, 6) is 0.0883. The zero-order valence-corrected chi connectivity index (χ0v) is 12.5. The highest BCUT2D eigenvalue weighted by atomic mass is 19.1. The number of anilines is 1. The summed E-state index contributed by atoms with van der Waals surface area (Å²) in [5, 5.41) is 2.96. The Morgan fingerprint density at radius 3 is 2.86 bits per heavy atom. The van der Waals surface area contributed by atoms with Crippen molar-refractivity contribution in [3.63, 3.8) is 0 Å². The molecule has 1 fully saturated rings. The lowest BCUT2D eigenvalue weighted by molar-refractivity contribution is 0.0940. The molecule has 1 aromatic carbocycles. The number of amides is 1. The molecule has 116 valence electrons. The van der Waals surface area contributed by atoms with Crippen molar-refractivity contribution in [3.8, 4) is 0 Å². The molecule has 6 heteroatoms. The average Bonchev–Trinajstić information content (AvgIpc) is 3.14. The van der Waals surface area contributed by atoms with Crippen LogP contribution in [0.15, 0.2) is 36.8 Å². The van der Waals surface area contributed by atoms with Crippen LogP contribution in [-0.4, -0.2) is 35.1 Å². The molecule has 1 N–H and O–H groups in total. The summed E-state index contributed by atoms with van der Waals surface area (Å²) in [7, 11) is 1.80. The molecule has 0 aliphatic carbocycles. The Morgan fingerprint density at radius 1 is 1.41 bits per heavy atom. The minimum Gasteiger partial charge on any atom is -0.371 e. The van der Waals surface area contributed by atoms with Crippen LogP contribution in [0.5, 0.6) is 0 Å². The first kappa shape index (κ1) is 14.6. The highest BCUT2D eigenvalue weighted by Crippen LogP contribution is 2.23. The largest absolute Gasteiger partial charge is 0.371 e. The van der Waals surface area contributed by atoms with Gasteiger partial charge in [0, 0.05) is 32.4 Å². The van der Waals surface area contributed by atoms with E-state index >= 15 is 0 Å². The van der Waals surface area contributed by atoms with E-state index in [2.05, 4.69) is 15.2 Å². The van der Waals surface area contributed by atoms with E-state index in [4.69, 9.17) is 0 Å². The van der Waals surface area contributed by atoms with Gasteiger partial charge in [-0.05, 0) is 36.6 Å². The van der Waals surface area contributed by atoms with Gasteiger partial charge in [0.15, 0.2) is 0 Å². The van der Waals surface area contributed by atoms with E-state index < -0.39 is 0 Å². The van der Waals surface area contributed by atoms with Crippen LogP contribution in [0, 0.1) is 11.7 Å². The van der Waals surface area contributed by atoms with Crippen molar-refractivity contribution in [1.29, 1.82) is 0 Å². The van der Waals surface area contributed by atoms with E-state index in [1.54, 1.807) is 36.3 Å². The van der Waals surface area contributed by atoms with Crippen LogP contribution in [0.1, 0.15) is 16.9 Å². The monoisotopic (exact) mass is 302 g/mol. The van der Waals surface area contributed by atoms with E-state index in [0.717, 1.165) is 25.2 Å². The van der Waals surface area contributed by atoms with Gasteiger partial charge in [-0.2, -0.15) is 0 Å². The van der Waals surface area contributed by atoms with Gasteiger partial charge in [-0.3, -0.25) is 4.79 Å². The van der Waals surface area contributed by atoms with Crippen LogP contribution in [-0.2, 0) is 7.05 Å². The summed E-state index contributed by atoms with van der Waals surface area (Å²) in [5.41, 5.74) is 1.59. The summed E-state index contributed by atoms with van der Waals surface area (Å²) in [6.07, 6.45) is 4.19. The second-order valence-electron chi connectivity index (χ2n) is 5.68. The maximum Gasteiger partial charge on any atom is 0.269 e. The number of aryl methyl sites for hydroxylation is 1. The summed E-state index contributed by atoms with van der Waals surface area (Å²) in [4.78, 5) is 18.2. The second kappa shape index (κ2) is 6.17. The van der Waals surface area contributed by atoms with Crippen LogP contribution < -0.4 is 10.2 Å². The molecule has 2 heterocycles. The first-order chi connectivity index (χ1) is 10.6. The predicted octanol–water partition coefficient (Wildman–Crippen LogP) is 1.82. The van der Waals surface area contributed by atoms with Gasteiger partial charge in [0.2, 0.25) is 0 Å². The number of carbonyl (C=O) groups excluding carboxylic acids is 1. The Labute approximate surface area is 128 Å². The van der Waals surface area contributed by atoms with Gasteiger partial charge in [-0.25, -0.2) is 9.37 Å². The molecular weight excluding hydrogens is 283 g/mol. The fraction of sp³-hybridized carbons (Fsp3) is 0.375. The zero-order chi connectivity index (χ0) is 15.5. The van der Waals surface area contributed by atoms with Crippen molar-refractivity contribution in [2.24, 2.45) is 13.0 Å². The molecule has 0 unspecified atom stereocenters. The third-order valence-electron chi connectivity index (χ3n) is 4.08. The van der Waals surface area contributed by atoms with Crippen LogP contribution in [0.3, 0.4) is 0 Å². The smallest absolute Gasteiger partial charge is 0.269 e. The van der Waals surface area contributed by atoms with Gasteiger partial charge in [0.05, 0.1) is 12.5 Å². The molecule has 1 aliphatic heterocycles. The lowest BCUT2D eigenvalue weighted by Crippen LogP contribution is -2.32. The Hall–Kier alpha value is -2.37. The minimum atomic E-state index is -0.220. The number of benzene rings is 1. The topological polar surface area (TPSA) is 50.2 Å². The third-order valence-corrected chi connectivity index (χ3v) is 4.08. The van der Waals surface area contributed by atoms with Gasteiger partial charge < -0.3 is 14.8 Å². The lowest BCUT2D eigenvalue weighted by atomic mass is 10.1. The van der Waals surface area contributed by atoms with E-state index in [-0.39, 0.29) is 11.7 Å². The molecule has 3 rings (SSSR count). The molecule has 5 nitrogen and oxygen atoms in total. The summed E-state index contributed by atoms with van der Waals surface area (Å²) < 4.78 is 14.7. The van der Waals surface area contributed by atoms with E-state index in [1.807, 2.05) is 0 Å². The van der Waals surface area contributed by atoms with Gasteiger partial charge in [0.25, 0.3) is 5.91 Å². The highest BCUT2D eigenvalue weighted by molar-refractivity contribution is 5.92. The molecule has 1 saturated heterocycles. The Morgan fingerprint density at radius 2 is 2.18 bits per heavy atom. The highest BCUT2D eigenvalue weighted by Gasteiger charge is 2.23. The van der Waals surface area contributed by atoms with Crippen molar-refractivity contribution in [3.05, 3.63) is 48.3 Å². The van der Waals surface area contributed by atoms with Gasteiger partial charge in [0.1, 0.15) is 11.5 Å². The summed E-state index contributed by atoms with van der Waals surface area (Å²) >= 11 is 0. The number of halogens is 1. The van der Waals surface area contributed by atoms with Crippen LogP contribution in [0.2, 0.25) is 0 Å². The number of aromatic nitrogens is 2.